The van der Waals surface area contributed by atoms with Gasteiger partial charge in [-0.1, -0.05) is 0 Å². The topological polar surface area (TPSA) is 84.2 Å². The summed E-state index contributed by atoms with van der Waals surface area (Å²) in [7, 11) is 0. The maximum absolute atomic E-state index is 12.8. The number of hydrogen-bond donors (Lipinski definition) is 3. The SMILES string of the molecule is Cl.NCC(F)(F)CNC(=O)CCCNC(=O)c1ccsc1. The highest BCUT2D eigenvalue weighted by atomic mass is 35.5. The van der Waals surface area contributed by atoms with Crippen molar-refractivity contribution in [1.29, 1.82) is 0 Å². The normalized spacial score (nSPS) is 10.6. The number of amides is 2. The average molecular weight is 342 g/mol. The molecule has 0 bridgehead atoms. The summed E-state index contributed by atoms with van der Waals surface area (Å²) in [5, 5.41) is 8.26. The van der Waals surface area contributed by atoms with Gasteiger partial charge in [-0.05, 0) is 17.9 Å². The summed E-state index contributed by atoms with van der Waals surface area (Å²) in [6.45, 7) is -1.25. The van der Waals surface area contributed by atoms with Crippen LogP contribution in [0.25, 0.3) is 0 Å². The highest BCUT2D eigenvalue weighted by Crippen LogP contribution is 2.08. The lowest BCUT2D eigenvalue weighted by atomic mass is 10.2. The molecular weight excluding hydrogens is 324 g/mol. The molecule has 1 heterocycles. The predicted octanol–water partition coefficient (Wildman–Crippen LogP) is 1.39. The molecule has 0 spiro atoms. The van der Waals surface area contributed by atoms with Crippen LogP contribution in [-0.4, -0.2) is 37.4 Å². The minimum atomic E-state index is -3.08. The minimum Gasteiger partial charge on any atom is -0.352 e. The van der Waals surface area contributed by atoms with E-state index >= 15 is 0 Å². The number of nitrogens with two attached hydrogens (primary N) is 1. The third-order valence-corrected chi connectivity index (χ3v) is 3.18. The smallest absolute Gasteiger partial charge is 0.277 e. The zero-order valence-electron chi connectivity index (χ0n) is 11.2. The average Bonchev–Trinajstić information content (AvgIpc) is 2.95. The number of rotatable bonds is 8. The van der Waals surface area contributed by atoms with E-state index in [1.807, 2.05) is 0 Å². The summed E-state index contributed by atoms with van der Waals surface area (Å²) in [6, 6.07) is 1.70. The van der Waals surface area contributed by atoms with Crippen LogP contribution in [0.1, 0.15) is 23.2 Å². The van der Waals surface area contributed by atoms with Gasteiger partial charge in [0.15, 0.2) is 0 Å². The van der Waals surface area contributed by atoms with Crippen LogP contribution in [0.2, 0.25) is 0 Å². The van der Waals surface area contributed by atoms with Gasteiger partial charge in [-0.15, -0.1) is 12.4 Å². The largest absolute Gasteiger partial charge is 0.352 e. The second-order valence-electron chi connectivity index (χ2n) is 4.21. The number of halogens is 3. The molecule has 0 saturated heterocycles. The number of carbonyl (C=O) groups is 2. The Morgan fingerprint density at radius 2 is 2.05 bits per heavy atom. The van der Waals surface area contributed by atoms with E-state index in [4.69, 9.17) is 5.73 Å². The van der Waals surface area contributed by atoms with Crippen LogP contribution in [0.3, 0.4) is 0 Å². The van der Waals surface area contributed by atoms with Gasteiger partial charge in [0.2, 0.25) is 5.91 Å². The van der Waals surface area contributed by atoms with E-state index in [0.717, 1.165) is 0 Å². The van der Waals surface area contributed by atoms with Crippen molar-refractivity contribution in [3.63, 3.8) is 0 Å². The molecule has 21 heavy (non-hydrogen) atoms. The fraction of sp³-hybridized carbons (Fsp3) is 0.500. The molecule has 0 aliphatic carbocycles. The predicted molar refractivity (Wildman–Crippen MR) is 80.1 cm³/mol. The van der Waals surface area contributed by atoms with Gasteiger partial charge in [0.05, 0.1) is 13.1 Å². The molecule has 0 unspecified atom stereocenters. The van der Waals surface area contributed by atoms with Crippen molar-refractivity contribution in [2.75, 3.05) is 19.6 Å². The molecule has 0 atom stereocenters. The number of hydrogen-bond acceptors (Lipinski definition) is 4. The van der Waals surface area contributed by atoms with Gasteiger partial charge in [0, 0.05) is 23.9 Å². The van der Waals surface area contributed by atoms with E-state index in [0.29, 0.717) is 18.5 Å². The Kier molecular flexibility index (Phi) is 9.07. The first kappa shape index (κ1) is 19.8. The lowest BCUT2D eigenvalue weighted by Gasteiger charge is -2.14. The molecule has 1 aromatic heterocycles. The Hall–Kier alpha value is -1.25. The molecule has 0 aromatic carbocycles. The van der Waals surface area contributed by atoms with Gasteiger partial charge < -0.3 is 16.4 Å². The molecule has 4 N–H and O–H groups in total. The van der Waals surface area contributed by atoms with E-state index in [1.165, 1.54) is 11.3 Å². The molecule has 1 aromatic rings. The fourth-order valence-corrected chi connectivity index (χ4v) is 1.97. The third-order valence-electron chi connectivity index (χ3n) is 2.49. The van der Waals surface area contributed by atoms with Crippen LogP contribution in [0.15, 0.2) is 16.8 Å². The summed E-state index contributed by atoms with van der Waals surface area (Å²) in [6.07, 6.45) is 0.459. The Morgan fingerprint density at radius 3 is 2.62 bits per heavy atom. The van der Waals surface area contributed by atoms with Gasteiger partial charge in [-0.25, -0.2) is 8.78 Å². The minimum absolute atomic E-state index is 0. The summed E-state index contributed by atoms with van der Waals surface area (Å²) < 4.78 is 25.5. The number of alkyl halides is 2. The van der Waals surface area contributed by atoms with Crippen LogP contribution in [0, 0.1) is 0 Å². The highest BCUT2D eigenvalue weighted by Gasteiger charge is 2.26. The van der Waals surface area contributed by atoms with Crippen LogP contribution in [0.5, 0.6) is 0 Å². The fourth-order valence-electron chi connectivity index (χ4n) is 1.34. The van der Waals surface area contributed by atoms with Crippen molar-refractivity contribution in [1.82, 2.24) is 10.6 Å². The van der Waals surface area contributed by atoms with Crippen molar-refractivity contribution in [2.24, 2.45) is 5.73 Å². The standard InChI is InChI=1S/C12H17F2N3O2S.ClH/c13-12(14,7-15)8-17-10(18)2-1-4-16-11(19)9-3-5-20-6-9;/h3,5-6H,1-2,4,7-8,15H2,(H,16,19)(H,17,18);1H. The second kappa shape index (κ2) is 9.64. The number of nitrogens with one attached hydrogen (secondary N) is 2. The highest BCUT2D eigenvalue weighted by molar-refractivity contribution is 7.08. The molecular formula is C12H18ClF2N3O2S. The van der Waals surface area contributed by atoms with Crippen molar-refractivity contribution in [3.05, 3.63) is 22.4 Å². The maximum Gasteiger partial charge on any atom is 0.277 e. The maximum atomic E-state index is 12.8. The van der Waals surface area contributed by atoms with E-state index in [9.17, 15) is 18.4 Å². The zero-order chi connectivity index (χ0) is 15.0. The summed E-state index contributed by atoms with van der Waals surface area (Å²) in [4.78, 5) is 22.8. The van der Waals surface area contributed by atoms with E-state index in [-0.39, 0.29) is 24.7 Å². The zero-order valence-corrected chi connectivity index (χ0v) is 12.9. The summed E-state index contributed by atoms with van der Waals surface area (Å²) >= 11 is 1.42. The lowest BCUT2D eigenvalue weighted by molar-refractivity contribution is -0.122. The van der Waals surface area contributed by atoms with Crippen molar-refractivity contribution in [3.8, 4) is 0 Å². The van der Waals surface area contributed by atoms with Gasteiger partial charge in [-0.3, -0.25) is 9.59 Å². The first-order valence-electron chi connectivity index (χ1n) is 6.09. The van der Waals surface area contributed by atoms with Gasteiger partial charge in [-0.2, -0.15) is 11.3 Å². The van der Waals surface area contributed by atoms with Crippen LogP contribution in [0.4, 0.5) is 8.78 Å². The second-order valence-corrected chi connectivity index (χ2v) is 4.99. The number of thiophene rings is 1. The Labute approximate surface area is 131 Å². The molecule has 0 aliphatic heterocycles. The van der Waals surface area contributed by atoms with Crippen molar-refractivity contribution in [2.45, 2.75) is 18.8 Å². The quantitative estimate of drug-likeness (QED) is 0.625. The van der Waals surface area contributed by atoms with E-state index < -0.39 is 24.9 Å². The summed E-state index contributed by atoms with van der Waals surface area (Å²) in [5.74, 6) is -3.77. The Balaban J connectivity index is 0.00000400. The van der Waals surface area contributed by atoms with Gasteiger partial charge >= 0.3 is 0 Å². The van der Waals surface area contributed by atoms with Crippen molar-refractivity contribution < 1.29 is 18.4 Å². The van der Waals surface area contributed by atoms with E-state index in [1.54, 1.807) is 16.8 Å². The summed E-state index contributed by atoms with van der Waals surface area (Å²) in [5.41, 5.74) is 5.42. The Morgan fingerprint density at radius 1 is 1.33 bits per heavy atom. The molecule has 0 aliphatic rings. The molecule has 120 valence electrons. The van der Waals surface area contributed by atoms with Crippen LogP contribution >= 0.6 is 23.7 Å². The van der Waals surface area contributed by atoms with Gasteiger partial charge in [0.25, 0.3) is 11.8 Å². The van der Waals surface area contributed by atoms with E-state index in [2.05, 4.69) is 10.6 Å². The molecule has 1 rings (SSSR count). The first-order chi connectivity index (χ1) is 9.44. The molecule has 0 saturated carbocycles. The Bertz CT molecular complexity index is 444. The number of carbonyl (C=O) groups excluding carboxylic acids is 2. The molecule has 9 heteroatoms. The van der Waals surface area contributed by atoms with Crippen molar-refractivity contribution >= 4 is 35.6 Å². The monoisotopic (exact) mass is 341 g/mol. The molecule has 5 nitrogen and oxygen atoms in total. The van der Waals surface area contributed by atoms with Crippen LogP contribution < -0.4 is 16.4 Å². The van der Waals surface area contributed by atoms with Gasteiger partial charge in [0.1, 0.15) is 0 Å². The lowest BCUT2D eigenvalue weighted by Crippen LogP contribution is -2.41. The first-order valence-corrected chi connectivity index (χ1v) is 7.04. The molecule has 2 amide bonds. The third kappa shape index (κ3) is 7.93. The molecule has 0 radical (unpaired) electrons. The van der Waals surface area contributed by atoms with Crippen LogP contribution in [-0.2, 0) is 4.79 Å². The molecule has 0 fully saturated rings.